The molecule has 0 N–H and O–H groups in total. The van der Waals surface area contributed by atoms with Crippen molar-refractivity contribution in [3.8, 4) is 11.5 Å². The maximum Gasteiger partial charge on any atom is 0.346 e. The first kappa shape index (κ1) is 16.8. The summed E-state index contributed by atoms with van der Waals surface area (Å²) in [7, 11) is -1.89. The maximum atomic E-state index is 12.4. The van der Waals surface area contributed by atoms with Gasteiger partial charge in [0.15, 0.2) is 16.4 Å². The zero-order valence-corrected chi connectivity index (χ0v) is 13.7. The van der Waals surface area contributed by atoms with Gasteiger partial charge in [0, 0.05) is 20.3 Å². The van der Waals surface area contributed by atoms with Crippen molar-refractivity contribution in [1.82, 2.24) is 9.13 Å². The van der Waals surface area contributed by atoms with Gasteiger partial charge in [0.05, 0.1) is 6.61 Å². The third kappa shape index (κ3) is 3.29. The van der Waals surface area contributed by atoms with Crippen molar-refractivity contribution in [2.45, 2.75) is 11.8 Å². The molecule has 0 fully saturated rings. The number of para-hydroxylation sites is 2. The molecule has 0 bridgehead atoms. The van der Waals surface area contributed by atoms with Crippen LogP contribution in [0.3, 0.4) is 0 Å². The fraction of sp³-hybridized carbons (Fsp3) is 0.286. The van der Waals surface area contributed by atoms with Gasteiger partial charge >= 0.3 is 15.8 Å². The van der Waals surface area contributed by atoms with Crippen molar-refractivity contribution in [2.24, 2.45) is 14.1 Å². The number of nitrogens with zero attached hydrogens (tertiary/aromatic N) is 2. The van der Waals surface area contributed by atoms with Crippen molar-refractivity contribution < 1.29 is 17.3 Å². The van der Waals surface area contributed by atoms with E-state index in [0.29, 0.717) is 11.2 Å². The number of rotatable bonds is 5. The molecule has 8 nitrogen and oxygen atoms in total. The molecule has 1 aromatic carbocycles. The van der Waals surface area contributed by atoms with Gasteiger partial charge in [-0.25, -0.2) is 4.79 Å². The van der Waals surface area contributed by atoms with E-state index in [4.69, 9.17) is 8.92 Å². The van der Waals surface area contributed by atoms with Gasteiger partial charge in [0.2, 0.25) is 0 Å². The van der Waals surface area contributed by atoms with Crippen LogP contribution in [0.1, 0.15) is 6.92 Å². The Morgan fingerprint density at radius 1 is 1.09 bits per heavy atom. The van der Waals surface area contributed by atoms with Crippen LogP contribution >= 0.6 is 0 Å². The third-order valence-electron chi connectivity index (χ3n) is 3.03. The van der Waals surface area contributed by atoms with Crippen LogP contribution in [0.25, 0.3) is 0 Å². The zero-order valence-electron chi connectivity index (χ0n) is 12.8. The average molecular weight is 340 g/mol. The first-order valence-electron chi connectivity index (χ1n) is 6.71. The summed E-state index contributed by atoms with van der Waals surface area (Å²) in [6, 6.07) is 6.20. The second-order valence-electron chi connectivity index (χ2n) is 4.67. The molecule has 0 radical (unpaired) electrons. The van der Waals surface area contributed by atoms with Crippen LogP contribution < -0.4 is 20.2 Å². The Hall–Kier alpha value is -2.55. The number of ether oxygens (including phenoxy) is 1. The minimum atomic E-state index is -4.42. The molecule has 0 saturated heterocycles. The molecular weight excluding hydrogens is 324 g/mol. The van der Waals surface area contributed by atoms with E-state index in [1.165, 1.54) is 20.2 Å². The van der Waals surface area contributed by atoms with E-state index in [1.807, 2.05) is 0 Å². The van der Waals surface area contributed by atoms with E-state index in [-0.39, 0.29) is 11.5 Å². The maximum absolute atomic E-state index is 12.4. The highest BCUT2D eigenvalue weighted by Crippen LogP contribution is 2.28. The molecular formula is C14H16N2O6S. The largest absolute Gasteiger partial charge is 0.490 e. The summed E-state index contributed by atoms with van der Waals surface area (Å²) in [5.41, 5.74) is -1.59. The van der Waals surface area contributed by atoms with Crippen LogP contribution in [0.5, 0.6) is 11.5 Å². The fourth-order valence-corrected chi connectivity index (χ4v) is 3.01. The molecule has 1 heterocycles. The van der Waals surface area contributed by atoms with Crippen molar-refractivity contribution in [1.29, 1.82) is 0 Å². The highest BCUT2D eigenvalue weighted by molar-refractivity contribution is 7.87. The van der Waals surface area contributed by atoms with Gasteiger partial charge in [0.1, 0.15) is 0 Å². The van der Waals surface area contributed by atoms with Gasteiger partial charge in [-0.15, -0.1) is 0 Å². The van der Waals surface area contributed by atoms with Crippen LogP contribution in [0.4, 0.5) is 0 Å². The van der Waals surface area contributed by atoms with Crippen LogP contribution in [0.15, 0.2) is 44.9 Å². The lowest BCUT2D eigenvalue weighted by Gasteiger charge is -2.12. The molecule has 0 atom stereocenters. The molecule has 2 aromatic rings. The van der Waals surface area contributed by atoms with Crippen LogP contribution in [0.2, 0.25) is 0 Å². The standard InChI is InChI=1S/C14H16N2O6S/c1-4-21-10-7-5-6-8-11(10)22-23(19,20)12-9-15(2)14(18)16(3)13(12)17/h5-9H,4H2,1-3H3. The summed E-state index contributed by atoms with van der Waals surface area (Å²) in [4.78, 5) is 23.1. The molecule has 0 unspecified atom stereocenters. The van der Waals surface area contributed by atoms with Crippen molar-refractivity contribution >= 4 is 10.1 Å². The normalized spacial score (nSPS) is 11.3. The topological polar surface area (TPSA) is 96.6 Å². The predicted molar refractivity (Wildman–Crippen MR) is 82.3 cm³/mol. The average Bonchev–Trinajstić information content (AvgIpc) is 2.50. The van der Waals surface area contributed by atoms with E-state index in [1.54, 1.807) is 25.1 Å². The number of aryl methyl sites for hydroxylation is 1. The molecule has 0 aliphatic heterocycles. The molecule has 23 heavy (non-hydrogen) atoms. The monoisotopic (exact) mass is 340 g/mol. The summed E-state index contributed by atoms with van der Waals surface area (Å²) < 4.78 is 36.8. The summed E-state index contributed by atoms with van der Waals surface area (Å²) in [5, 5.41) is 0. The van der Waals surface area contributed by atoms with E-state index < -0.39 is 26.3 Å². The lowest BCUT2D eigenvalue weighted by atomic mass is 10.3. The minimum Gasteiger partial charge on any atom is -0.490 e. The third-order valence-corrected chi connectivity index (χ3v) is 4.25. The molecule has 2 rings (SSSR count). The number of benzene rings is 1. The van der Waals surface area contributed by atoms with Crippen LogP contribution in [-0.2, 0) is 24.2 Å². The van der Waals surface area contributed by atoms with Crippen molar-refractivity contribution in [3.63, 3.8) is 0 Å². The van der Waals surface area contributed by atoms with Gasteiger partial charge in [0.25, 0.3) is 5.56 Å². The molecule has 0 spiro atoms. The van der Waals surface area contributed by atoms with Gasteiger partial charge in [-0.05, 0) is 19.1 Å². The van der Waals surface area contributed by atoms with E-state index in [9.17, 15) is 18.0 Å². The summed E-state index contributed by atoms with van der Waals surface area (Å²) in [6.45, 7) is 2.07. The van der Waals surface area contributed by atoms with Gasteiger partial charge in [-0.2, -0.15) is 8.42 Å². The van der Waals surface area contributed by atoms with Gasteiger partial charge < -0.3 is 13.5 Å². The Kier molecular flexibility index (Phi) is 4.60. The minimum absolute atomic E-state index is 0.0368. The first-order chi connectivity index (χ1) is 10.8. The Morgan fingerprint density at radius 3 is 2.30 bits per heavy atom. The number of hydrogen-bond donors (Lipinski definition) is 0. The quantitative estimate of drug-likeness (QED) is 0.724. The SMILES string of the molecule is CCOc1ccccc1OS(=O)(=O)c1cn(C)c(=O)n(C)c1=O. The first-order valence-corrected chi connectivity index (χ1v) is 8.11. The number of hydrogen-bond acceptors (Lipinski definition) is 6. The van der Waals surface area contributed by atoms with E-state index in [2.05, 4.69) is 0 Å². The molecule has 9 heteroatoms. The van der Waals surface area contributed by atoms with E-state index in [0.717, 1.165) is 10.8 Å². The Bertz CT molecular complexity index is 942. The van der Waals surface area contributed by atoms with Gasteiger partial charge in [-0.1, -0.05) is 12.1 Å². The Morgan fingerprint density at radius 2 is 1.70 bits per heavy atom. The summed E-state index contributed by atoms with van der Waals surface area (Å²) in [5.74, 6) is 0.200. The molecule has 0 aliphatic carbocycles. The van der Waals surface area contributed by atoms with Gasteiger partial charge in [-0.3, -0.25) is 9.36 Å². The molecule has 0 amide bonds. The Balaban J connectivity index is 2.53. The second kappa shape index (κ2) is 6.29. The molecule has 0 saturated carbocycles. The van der Waals surface area contributed by atoms with Crippen molar-refractivity contribution in [2.75, 3.05) is 6.61 Å². The zero-order chi connectivity index (χ0) is 17.2. The van der Waals surface area contributed by atoms with Crippen molar-refractivity contribution in [3.05, 3.63) is 51.3 Å². The molecule has 0 aliphatic rings. The molecule has 1 aromatic heterocycles. The predicted octanol–water partition coefficient (Wildman–Crippen LogP) is 0.250. The molecule has 124 valence electrons. The number of aromatic nitrogens is 2. The second-order valence-corrected chi connectivity index (χ2v) is 6.18. The lowest BCUT2D eigenvalue weighted by molar-refractivity contribution is 0.327. The van der Waals surface area contributed by atoms with Crippen LogP contribution in [0, 0.1) is 0 Å². The lowest BCUT2D eigenvalue weighted by Crippen LogP contribution is -2.39. The van der Waals surface area contributed by atoms with Crippen LogP contribution in [-0.4, -0.2) is 24.2 Å². The highest BCUT2D eigenvalue weighted by atomic mass is 32.2. The summed E-state index contributed by atoms with van der Waals surface area (Å²) >= 11 is 0. The summed E-state index contributed by atoms with van der Waals surface area (Å²) in [6.07, 6.45) is 0.934. The smallest absolute Gasteiger partial charge is 0.346 e. The highest BCUT2D eigenvalue weighted by Gasteiger charge is 2.25. The Labute approximate surface area is 132 Å². The fourth-order valence-electron chi connectivity index (χ4n) is 1.90. The van der Waals surface area contributed by atoms with E-state index >= 15 is 0 Å².